The number of hydrogen-bond donors (Lipinski definition) is 1. The van der Waals surface area contributed by atoms with Crippen molar-refractivity contribution < 1.29 is 9.53 Å². The Morgan fingerprint density at radius 2 is 1.85 bits per heavy atom. The average Bonchev–Trinajstić information content (AvgIpc) is 2.16. The first-order valence-corrected chi connectivity index (χ1v) is 4.87. The normalized spacial score (nSPS) is 9.62. The van der Waals surface area contributed by atoms with Gasteiger partial charge in [-0.15, -0.1) is 0 Å². The van der Waals surface area contributed by atoms with Crippen molar-refractivity contribution in [1.82, 2.24) is 0 Å². The van der Waals surface area contributed by atoms with Crippen LogP contribution in [0.15, 0.2) is 0 Å². The van der Waals surface area contributed by atoms with Crippen molar-refractivity contribution in [1.29, 1.82) is 5.41 Å². The lowest BCUT2D eigenvalue weighted by Gasteiger charge is -1.99. The summed E-state index contributed by atoms with van der Waals surface area (Å²) in [6.45, 7) is 0. The summed E-state index contributed by atoms with van der Waals surface area (Å²) in [6, 6.07) is 0. The highest BCUT2D eigenvalue weighted by Gasteiger charge is 1.98. The van der Waals surface area contributed by atoms with Crippen LogP contribution in [0, 0.1) is 5.41 Å². The van der Waals surface area contributed by atoms with Crippen LogP contribution < -0.4 is 0 Å². The maximum Gasteiger partial charge on any atom is 0.305 e. The number of ether oxygens (including phenoxy) is 1. The Bertz CT molecular complexity index is 146. The van der Waals surface area contributed by atoms with E-state index in [0.717, 1.165) is 38.5 Å². The van der Waals surface area contributed by atoms with Gasteiger partial charge in [0.25, 0.3) is 0 Å². The number of carbonyl (C=O) groups is 1. The van der Waals surface area contributed by atoms with Crippen molar-refractivity contribution in [2.45, 2.75) is 44.9 Å². The van der Waals surface area contributed by atoms with E-state index in [1.165, 1.54) is 13.3 Å². The summed E-state index contributed by atoms with van der Waals surface area (Å²) >= 11 is 0. The smallest absolute Gasteiger partial charge is 0.305 e. The Morgan fingerprint density at radius 1 is 1.23 bits per heavy atom. The summed E-state index contributed by atoms with van der Waals surface area (Å²) in [5, 5.41) is 6.81. The maximum atomic E-state index is 10.7. The van der Waals surface area contributed by atoms with Gasteiger partial charge in [-0.2, -0.15) is 0 Å². The van der Waals surface area contributed by atoms with Gasteiger partial charge < -0.3 is 10.1 Å². The lowest BCUT2D eigenvalue weighted by atomic mass is 10.1. The van der Waals surface area contributed by atoms with Gasteiger partial charge in [-0.25, -0.2) is 0 Å². The molecule has 0 rings (SSSR count). The highest BCUT2D eigenvalue weighted by atomic mass is 16.5. The monoisotopic (exact) mass is 185 g/mol. The molecule has 0 saturated carbocycles. The molecule has 0 aliphatic rings. The number of rotatable bonds is 8. The molecule has 0 spiro atoms. The molecule has 0 amide bonds. The molecule has 0 fully saturated rings. The van der Waals surface area contributed by atoms with Gasteiger partial charge >= 0.3 is 5.97 Å². The first kappa shape index (κ1) is 12.1. The molecule has 13 heavy (non-hydrogen) atoms. The van der Waals surface area contributed by atoms with Gasteiger partial charge in [0.2, 0.25) is 0 Å². The fourth-order valence-corrected chi connectivity index (χ4v) is 1.15. The lowest BCUT2D eigenvalue weighted by Crippen LogP contribution is -1.99. The molecule has 1 N–H and O–H groups in total. The topological polar surface area (TPSA) is 50.2 Å². The Kier molecular flexibility index (Phi) is 8.62. The van der Waals surface area contributed by atoms with Crippen LogP contribution in [0.4, 0.5) is 0 Å². The van der Waals surface area contributed by atoms with Crippen LogP contribution in [0.5, 0.6) is 0 Å². The largest absolute Gasteiger partial charge is 0.469 e. The molecule has 0 saturated heterocycles. The van der Waals surface area contributed by atoms with E-state index in [9.17, 15) is 4.79 Å². The molecule has 0 atom stereocenters. The predicted octanol–water partition coefficient (Wildman–Crippen LogP) is 2.54. The number of esters is 1. The highest BCUT2D eigenvalue weighted by Crippen LogP contribution is 2.06. The minimum absolute atomic E-state index is 0.112. The summed E-state index contributed by atoms with van der Waals surface area (Å²) in [5.41, 5.74) is 0. The van der Waals surface area contributed by atoms with Crippen molar-refractivity contribution in [3.8, 4) is 0 Å². The summed E-state index contributed by atoms with van der Waals surface area (Å²) in [5.74, 6) is -0.112. The average molecular weight is 185 g/mol. The second kappa shape index (κ2) is 9.23. The molecule has 76 valence electrons. The highest BCUT2D eigenvalue weighted by molar-refractivity contribution is 5.68. The number of carbonyl (C=O) groups excluding carboxylic acids is 1. The van der Waals surface area contributed by atoms with Gasteiger partial charge in [0.1, 0.15) is 0 Å². The quantitative estimate of drug-likeness (QED) is 0.359. The molecule has 3 nitrogen and oxygen atoms in total. The van der Waals surface area contributed by atoms with E-state index < -0.39 is 0 Å². The minimum Gasteiger partial charge on any atom is -0.469 e. The van der Waals surface area contributed by atoms with E-state index in [4.69, 9.17) is 5.41 Å². The van der Waals surface area contributed by atoms with Gasteiger partial charge in [-0.3, -0.25) is 4.79 Å². The first-order chi connectivity index (χ1) is 6.31. The molecule has 0 aromatic heterocycles. The van der Waals surface area contributed by atoms with Crippen molar-refractivity contribution in [3.63, 3.8) is 0 Å². The van der Waals surface area contributed by atoms with Crippen LogP contribution in [0.2, 0.25) is 0 Å². The van der Waals surface area contributed by atoms with E-state index in [2.05, 4.69) is 4.74 Å². The maximum absolute atomic E-state index is 10.7. The summed E-state index contributed by atoms with van der Waals surface area (Å²) in [4.78, 5) is 10.7. The SMILES string of the molecule is COC(=O)CCCCCCCC=N. The molecule has 0 radical (unpaired) electrons. The fraction of sp³-hybridized carbons (Fsp3) is 0.800. The molecule has 0 unspecified atom stereocenters. The number of methoxy groups -OCH3 is 1. The van der Waals surface area contributed by atoms with Crippen molar-refractivity contribution in [3.05, 3.63) is 0 Å². The molecule has 0 aliphatic carbocycles. The van der Waals surface area contributed by atoms with Gasteiger partial charge in [0.05, 0.1) is 7.11 Å². The summed E-state index contributed by atoms with van der Waals surface area (Å²) in [6.07, 6.45) is 8.32. The van der Waals surface area contributed by atoms with Crippen LogP contribution in [0.25, 0.3) is 0 Å². The zero-order valence-electron chi connectivity index (χ0n) is 8.34. The van der Waals surface area contributed by atoms with Crippen LogP contribution >= 0.6 is 0 Å². The zero-order chi connectivity index (χ0) is 9.94. The van der Waals surface area contributed by atoms with Crippen LogP contribution in [0.1, 0.15) is 44.9 Å². The number of nitrogens with one attached hydrogen (secondary N) is 1. The van der Waals surface area contributed by atoms with Crippen LogP contribution in [-0.4, -0.2) is 19.3 Å². The Labute approximate surface area is 80.0 Å². The Morgan fingerprint density at radius 3 is 2.46 bits per heavy atom. The zero-order valence-corrected chi connectivity index (χ0v) is 8.34. The van der Waals surface area contributed by atoms with Gasteiger partial charge in [0, 0.05) is 6.42 Å². The van der Waals surface area contributed by atoms with Crippen LogP contribution in [0.3, 0.4) is 0 Å². The fourth-order valence-electron chi connectivity index (χ4n) is 1.15. The van der Waals surface area contributed by atoms with E-state index in [1.807, 2.05) is 0 Å². The van der Waals surface area contributed by atoms with E-state index in [1.54, 1.807) is 0 Å². The third kappa shape index (κ3) is 9.05. The second-order valence-corrected chi connectivity index (χ2v) is 3.09. The van der Waals surface area contributed by atoms with Gasteiger partial charge in [-0.05, 0) is 25.5 Å². The van der Waals surface area contributed by atoms with E-state index >= 15 is 0 Å². The lowest BCUT2D eigenvalue weighted by molar-refractivity contribution is -0.140. The standard InChI is InChI=1S/C10H19NO2/c1-13-10(12)8-6-4-2-3-5-7-9-11/h9,11H,2-8H2,1H3. The van der Waals surface area contributed by atoms with E-state index in [-0.39, 0.29) is 5.97 Å². The molecular weight excluding hydrogens is 166 g/mol. The Balaban J connectivity index is 2.99. The molecule has 0 aromatic rings. The van der Waals surface area contributed by atoms with E-state index in [0.29, 0.717) is 6.42 Å². The van der Waals surface area contributed by atoms with Crippen molar-refractivity contribution in [2.75, 3.05) is 7.11 Å². The first-order valence-electron chi connectivity index (χ1n) is 4.87. The molecule has 0 aliphatic heterocycles. The molecule has 0 heterocycles. The van der Waals surface area contributed by atoms with Gasteiger partial charge in [0.15, 0.2) is 0 Å². The third-order valence-corrected chi connectivity index (χ3v) is 1.96. The summed E-state index contributed by atoms with van der Waals surface area (Å²) < 4.78 is 4.53. The third-order valence-electron chi connectivity index (χ3n) is 1.96. The minimum atomic E-state index is -0.112. The van der Waals surface area contributed by atoms with Gasteiger partial charge in [-0.1, -0.05) is 19.3 Å². The second-order valence-electron chi connectivity index (χ2n) is 3.09. The molecule has 0 bridgehead atoms. The molecule has 3 heteroatoms. The summed E-state index contributed by atoms with van der Waals surface area (Å²) in [7, 11) is 1.42. The number of unbranched alkanes of at least 4 members (excludes halogenated alkanes) is 5. The van der Waals surface area contributed by atoms with Crippen molar-refractivity contribution in [2.24, 2.45) is 0 Å². The predicted molar refractivity (Wildman–Crippen MR) is 53.1 cm³/mol. The van der Waals surface area contributed by atoms with Crippen LogP contribution in [-0.2, 0) is 9.53 Å². The Hall–Kier alpha value is -0.860. The molecule has 0 aromatic carbocycles. The number of hydrogen-bond acceptors (Lipinski definition) is 3. The molecular formula is C10H19NO2. The van der Waals surface area contributed by atoms with Crippen molar-refractivity contribution >= 4 is 12.2 Å².